The van der Waals surface area contributed by atoms with Gasteiger partial charge in [-0.2, -0.15) is 0 Å². The summed E-state index contributed by atoms with van der Waals surface area (Å²) in [6.45, 7) is 4.39. The lowest BCUT2D eigenvalue weighted by atomic mass is 9.91. The molecule has 0 aromatic carbocycles. The van der Waals surface area contributed by atoms with Crippen LogP contribution in [0.2, 0.25) is 0 Å². The number of nitrogens with two attached hydrogens (primary N) is 1. The molecule has 0 unspecified atom stereocenters. The molecule has 2 heteroatoms. The minimum absolute atomic E-state index is 0.444. The summed E-state index contributed by atoms with van der Waals surface area (Å²) in [6, 6.07) is 1.73. The maximum absolute atomic E-state index is 5.86. The third-order valence-electron chi connectivity index (χ3n) is 2.28. The van der Waals surface area contributed by atoms with Gasteiger partial charge in [0.05, 0.1) is 0 Å². The molecule has 0 radical (unpaired) electrons. The molecule has 1 rings (SSSR count). The molecule has 0 aromatic rings. The van der Waals surface area contributed by atoms with Gasteiger partial charge in [0.2, 0.25) is 0 Å². The maximum atomic E-state index is 5.86. The van der Waals surface area contributed by atoms with E-state index >= 15 is 0 Å². The Bertz CT molecular complexity index is 110. The quantitative estimate of drug-likeness (QED) is 0.631. The molecule has 11 heavy (non-hydrogen) atoms. The molecule has 0 saturated heterocycles. The fourth-order valence-corrected chi connectivity index (χ4v) is 1.85. The molecule has 0 spiro atoms. The summed E-state index contributed by atoms with van der Waals surface area (Å²) in [5.74, 6) is 0. The smallest absolute Gasteiger partial charge is 0.00841 e. The van der Waals surface area contributed by atoms with E-state index in [9.17, 15) is 0 Å². The van der Waals surface area contributed by atoms with Gasteiger partial charge < -0.3 is 11.1 Å². The molecule has 1 aliphatic carbocycles. The van der Waals surface area contributed by atoms with Crippen molar-refractivity contribution in [2.75, 3.05) is 0 Å². The van der Waals surface area contributed by atoms with Crippen LogP contribution < -0.4 is 11.1 Å². The van der Waals surface area contributed by atoms with Gasteiger partial charge in [0, 0.05) is 18.1 Å². The monoisotopic (exact) mass is 156 g/mol. The first-order valence-corrected chi connectivity index (χ1v) is 4.70. The molecule has 2 nitrogen and oxygen atoms in total. The van der Waals surface area contributed by atoms with Gasteiger partial charge in [0.1, 0.15) is 0 Å². The van der Waals surface area contributed by atoms with Gasteiger partial charge in [-0.25, -0.2) is 0 Å². The van der Waals surface area contributed by atoms with Gasteiger partial charge in [-0.15, -0.1) is 0 Å². The van der Waals surface area contributed by atoms with Crippen molar-refractivity contribution in [1.82, 2.24) is 5.32 Å². The van der Waals surface area contributed by atoms with Crippen molar-refractivity contribution in [3.8, 4) is 0 Å². The average molecular weight is 156 g/mol. The third-order valence-corrected chi connectivity index (χ3v) is 2.28. The fraction of sp³-hybridized carbons (Fsp3) is 1.00. The molecule has 0 bridgehead atoms. The molecule has 0 aliphatic heterocycles. The zero-order valence-electron chi connectivity index (χ0n) is 7.64. The maximum Gasteiger partial charge on any atom is 0.00841 e. The second-order valence-electron chi connectivity index (χ2n) is 3.94. The van der Waals surface area contributed by atoms with Gasteiger partial charge in [0.15, 0.2) is 0 Å². The molecule has 0 amide bonds. The lowest BCUT2D eigenvalue weighted by Gasteiger charge is -2.28. The van der Waals surface area contributed by atoms with E-state index in [1.165, 1.54) is 19.3 Å². The molecule has 1 saturated carbocycles. The van der Waals surface area contributed by atoms with Crippen LogP contribution in [0.4, 0.5) is 0 Å². The molecule has 2 atom stereocenters. The van der Waals surface area contributed by atoms with Crippen LogP contribution in [0.1, 0.15) is 39.5 Å². The molecule has 3 N–H and O–H groups in total. The van der Waals surface area contributed by atoms with Crippen LogP contribution in [-0.2, 0) is 0 Å². The Morgan fingerprint density at radius 2 is 2.09 bits per heavy atom. The van der Waals surface area contributed by atoms with Crippen molar-refractivity contribution in [2.45, 2.75) is 57.7 Å². The van der Waals surface area contributed by atoms with Gasteiger partial charge in [-0.1, -0.05) is 20.3 Å². The van der Waals surface area contributed by atoms with Crippen molar-refractivity contribution in [3.05, 3.63) is 0 Å². The Kier molecular flexibility index (Phi) is 3.34. The fourth-order valence-electron chi connectivity index (χ4n) is 1.85. The Morgan fingerprint density at radius 3 is 2.64 bits per heavy atom. The van der Waals surface area contributed by atoms with Crippen molar-refractivity contribution in [3.63, 3.8) is 0 Å². The first-order valence-electron chi connectivity index (χ1n) is 4.70. The number of hydrogen-bond acceptors (Lipinski definition) is 2. The second kappa shape index (κ2) is 4.07. The summed E-state index contributed by atoms with van der Waals surface area (Å²) in [5, 5.41) is 3.53. The average Bonchev–Trinajstić information content (AvgIpc) is 1.85. The summed E-state index contributed by atoms with van der Waals surface area (Å²) in [7, 11) is 0. The molecule has 66 valence electrons. The van der Waals surface area contributed by atoms with Gasteiger partial charge >= 0.3 is 0 Å². The number of rotatable bonds is 2. The van der Waals surface area contributed by atoms with Crippen molar-refractivity contribution >= 4 is 0 Å². The van der Waals surface area contributed by atoms with Crippen LogP contribution in [0.5, 0.6) is 0 Å². The van der Waals surface area contributed by atoms with E-state index in [0.29, 0.717) is 18.1 Å². The Balaban J connectivity index is 2.23. The highest BCUT2D eigenvalue weighted by atomic mass is 14.9. The van der Waals surface area contributed by atoms with E-state index in [0.717, 1.165) is 6.42 Å². The minimum atomic E-state index is 0.444. The zero-order chi connectivity index (χ0) is 8.27. The largest absolute Gasteiger partial charge is 0.328 e. The number of hydrogen-bond donors (Lipinski definition) is 2. The summed E-state index contributed by atoms with van der Waals surface area (Å²) < 4.78 is 0. The van der Waals surface area contributed by atoms with E-state index < -0.39 is 0 Å². The Morgan fingerprint density at radius 1 is 1.36 bits per heavy atom. The summed E-state index contributed by atoms with van der Waals surface area (Å²) in [5.41, 5.74) is 5.86. The van der Waals surface area contributed by atoms with E-state index in [1.807, 2.05) is 0 Å². The van der Waals surface area contributed by atoms with Crippen LogP contribution in [0.3, 0.4) is 0 Å². The van der Waals surface area contributed by atoms with Crippen LogP contribution in [-0.4, -0.2) is 18.1 Å². The summed E-state index contributed by atoms with van der Waals surface area (Å²) >= 11 is 0. The highest BCUT2D eigenvalue weighted by Gasteiger charge is 2.18. The highest BCUT2D eigenvalue weighted by Crippen LogP contribution is 2.17. The van der Waals surface area contributed by atoms with Crippen LogP contribution >= 0.6 is 0 Å². The van der Waals surface area contributed by atoms with Gasteiger partial charge in [0.25, 0.3) is 0 Å². The normalized spacial score (nSPS) is 32.7. The van der Waals surface area contributed by atoms with Gasteiger partial charge in [-0.05, 0) is 19.3 Å². The van der Waals surface area contributed by atoms with Gasteiger partial charge in [-0.3, -0.25) is 0 Å². The molecular weight excluding hydrogens is 136 g/mol. The first kappa shape index (κ1) is 9.01. The molecule has 1 fully saturated rings. The SMILES string of the molecule is CC(C)N[C@@H]1CCC[C@H](N)C1. The lowest BCUT2D eigenvalue weighted by molar-refractivity contribution is 0.323. The second-order valence-corrected chi connectivity index (χ2v) is 3.94. The standard InChI is InChI=1S/C9H20N2/c1-7(2)11-9-5-3-4-8(10)6-9/h7-9,11H,3-6,10H2,1-2H3/t8-,9+/m0/s1. The molecule has 0 aromatic heterocycles. The Hall–Kier alpha value is -0.0800. The predicted molar refractivity (Wildman–Crippen MR) is 48.5 cm³/mol. The topological polar surface area (TPSA) is 38.0 Å². The molecule has 1 aliphatic rings. The summed E-state index contributed by atoms with van der Waals surface area (Å²) in [4.78, 5) is 0. The number of nitrogens with one attached hydrogen (secondary N) is 1. The lowest BCUT2D eigenvalue weighted by Crippen LogP contribution is -2.42. The first-order chi connectivity index (χ1) is 5.18. The van der Waals surface area contributed by atoms with Crippen molar-refractivity contribution in [2.24, 2.45) is 5.73 Å². The molecular formula is C9H20N2. The van der Waals surface area contributed by atoms with E-state index in [1.54, 1.807) is 0 Å². The van der Waals surface area contributed by atoms with E-state index in [-0.39, 0.29) is 0 Å². The zero-order valence-corrected chi connectivity index (χ0v) is 7.64. The van der Waals surface area contributed by atoms with E-state index in [4.69, 9.17) is 5.73 Å². The molecule has 0 heterocycles. The van der Waals surface area contributed by atoms with Crippen molar-refractivity contribution in [1.29, 1.82) is 0 Å². The van der Waals surface area contributed by atoms with Crippen LogP contribution in [0, 0.1) is 0 Å². The summed E-state index contributed by atoms with van der Waals surface area (Å²) in [6.07, 6.45) is 4.99. The third kappa shape index (κ3) is 3.21. The minimum Gasteiger partial charge on any atom is -0.328 e. The van der Waals surface area contributed by atoms with Crippen LogP contribution in [0.25, 0.3) is 0 Å². The van der Waals surface area contributed by atoms with Crippen LogP contribution in [0.15, 0.2) is 0 Å². The van der Waals surface area contributed by atoms with Crippen molar-refractivity contribution < 1.29 is 0 Å². The highest BCUT2D eigenvalue weighted by molar-refractivity contribution is 4.80. The van der Waals surface area contributed by atoms with E-state index in [2.05, 4.69) is 19.2 Å². The Labute approximate surface area is 69.5 Å². The predicted octanol–water partition coefficient (Wildman–Crippen LogP) is 1.25.